The van der Waals surface area contributed by atoms with Crippen molar-refractivity contribution in [2.75, 3.05) is 13.7 Å². The second kappa shape index (κ2) is 10.8. The lowest BCUT2D eigenvalue weighted by Crippen LogP contribution is -2.41. The fourth-order valence-corrected chi connectivity index (χ4v) is 5.76. The van der Waals surface area contributed by atoms with E-state index in [4.69, 9.17) is 14.6 Å². The first-order valence-corrected chi connectivity index (χ1v) is 12.9. The van der Waals surface area contributed by atoms with Gasteiger partial charge in [-0.1, -0.05) is 18.2 Å². The smallest absolute Gasteiger partial charge is 0.335 e. The zero-order valence-electron chi connectivity index (χ0n) is 21.6. The van der Waals surface area contributed by atoms with Gasteiger partial charge in [0.2, 0.25) is 0 Å². The minimum atomic E-state index is -1.01. The van der Waals surface area contributed by atoms with Crippen LogP contribution in [0.2, 0.25) is 0 Å². The molecule has 0 aromatic heterocycles. The SMILES string of the molecule is COc1cc(C2C3=C(CCCC3=O)N(CC(=O)O)C3=C2C(=O)CCC3)ccc1OCc1ccc(C(=O)O)cc1. The molecule has 9 heteroatoms. The molecule has 0 unspecified atom stereocenters. The fourth-order valence-electron chi connectivity index (χ4n) is 5.76. The first-order chi connectivity index (χ1) is 18.8. The van der Waals surface area contributed by atoms with Crippen LogP contribution in [0, 0.1) is 0 Å². The van der Waals surface area contributed by atoms with Crippen molar-refractivity contribution in [3.8, 4) is 11.5 Å². The van der Waals surface area contributed by atoms with Gasteiger partial charge in [-0.25, -0.2) is 4.79 Å². The van der Waals surface area contributed by atoms with Crippen molar-refractivity contribution < 1.29 is 38.9 Å². The average molecular weight is 532 g/mol. The van der Waals surface area contributed by atoms with Crippen LogP contribution in [0.4, 0.5) is 0 Å². The Bertz CT molecular complexity index is 1370. The number of benzene rings is 2. The molecular formula is C30H29NO8. The molecule has 1 aliphatic heterocycles. The Hall–Kier alpha value is -4.40. The van der Waals surface area contributed by atoms with Gasteiger partial charge in [-0.15, -0.1) is 0 Å². The molecule has 2 N–H and O–H groups in total. The van der Waals surface area contributed by atoms with E-state index < -0.39 is 17.9 Å². The van der Waals surface area contributed by atoms with Gasteiger partial charge in [0.15, 0.2) is 23.1 Å². The normalized spacial score (nSPS) is 17.6. The standard InChI is InChI=1S/C30H29NO8/c1-38-25-14-19(12-13-24(25)39-16-17-8-10-18(11-9-17)30(36)37)27-28-20(4-2-6-22(28)32)31(15-26(34)35)21-5-3-7-23(33)29(21)27/h8-14,27H,2-7,15-16H2,1H3,(H,34,35)(H,36,37). The lowest BCUT2D eigenvalue weighted by molar-refractivity contribution is -0.138. The number of Topliss-reactive ketones (excluding diaryl/α,β-unsaturated/α-hetero) is 2. The molecule has 2 aliphatic carbocycles. The summed E-state index contributed by atoms with van der Waals surface area (Å²) in [4.78, 5) is 51.2. The monoisotopic (exact) mass is 531 g/mol. The first-order valence-electron chi connectivity index (χ1n) is 12.9. The number of aliphatic carboxylic acids is 1. The van der Waals surface area contributed by atoms with Gasteiger partial charge in [0.25, 0.3) is 0 Å². The molecule has 0 amide bonds. The second-order valence-corrected chi connectivity index (χ2v) is 9.89. The van der Waals surface area contributed by atoms with E-state index in [1.54, 1.807) is 29.2 Å². The van der Waals surface area contributed by atoms with Crippen molar-refractivity contribution in [2.45, 2.75) is 51.0 Å². The highest BCUT2D eigenvalue weighted by molar-refractivity contribution is 6.06. The number of allylic oxidation sites excluding steroid dienone is 4. The zero-order chi connectivity index (χ0) is 27.7. The molecule has 0 saturated heterocycles. The van der Waals surface area contributed by atoms with Crippen LogP contribution in [-0.4, -0.2) is 52.3 Å². The van der Waals surface area contributed by atoms with Crippen molar-refractivity contribution in [1.82, 2.24) is 4.90 Å². The number of ketones is 2. The summed E-state index contributed by atoms with van der Waals surface area (Å²) >= 11 is 0. The van der Waals surface area contributed by atoms with Crippen LogP contribution in [0.1, 0.15) is 65.9 Å². The predicted molar refractivity (Wildman–Crippen MR) is 140 cm³/mol. The molecule has 5 rings (SSSR count). The Morgan fingerprint density at radius 2 is 1.49 bits per heavy atom. The number of carboxylic acid groups (broad SMARTS) is 2. The van der Waals surface area contributed by atoms with E-state index in [2.05, 4.69) is 0 Å². The van der Waals surface area contributed by atoms with Gasteiger partial charge in [0.1, 0.15) is 13.2 Å². The minimum Gasteiger partial charge on any atom is -0.493 e. The highest BCUT2D eigenvalue weighted by atomic mass is 16.5. The maximum atomic E-state index is 13.3. The number of hydrogen-bond donors (Lipinski definition) is 2. The third-order valence-electron chi connectivity index (χ3n) is 7.50. The second-order valence-electron chi connectivity index (χ2n) is 9.89. The molecule has 0 fully saturated rings. The molecule has 3 aliphatic rings. The molecule has 9 nitrogen and oxygen atoms in total. The summed E-state index contributed by atoms with van der Waals surface area (Å²) in [6.45, 7) is -0.0980. The molecule has 0 bridgehead atoms. The van der Waals surface area contributed by atoms with Gasteiger partial charge in [-0.3, -0.25) is 14.4 Å². The van der Waals surface area contributed by atoms with Gasteiger partial charge in [-0.2, -0.15) is 0 Å². The lowest BCUT2D eigenvalue weighted by atomic mass is 9.71. The van der Waals surface area contributed by atoms with Crippen molar-refractivity contribution in [3.63, 3.8) is 0 Å². The molecule has 0 spiro atoms. The number of aromatic carboxylic acids is 1. The highest BCUT2D eigenvalue weighted by Gasteiger charge is 2.43. The van der Waals surface area contributed by atoms with Gasteiger partial charge < -0.3 is 24.6 Å². The Kier molecular flexibility index (Phi) is 7.24. The van der Waals surface area contributed by atoms with Crippen molar-refractivity contribution in [1.29, 1.82) is 0 Å². The number of carboxylic acids is 2. The highest BCUT2D eigenvalue weighted by Crippen LogP contribution is 2.50. The Balaban J connectivity index is 1.52. The molecule has 39 heavy (non-hydrogen) atoms. The summed E-state index contributed by atoms with van der Waals surface area (Å²) in [5.41, 5.74) is 4.10. The number of ether oxygens (including phenoxy) is 2. The molecule has 0 radical (unpaired) electrons. The topological polar surface area (TPSA) is 130 Å². The van der Waals surface area contributed by atoms with Crippen molar-refractivity contribution in [3.05, 3.63) is 81.7 Å². The summed E-state index contributed by atoms with van der Waals surface area (Å²) in [6.07, 6.45) is 3.14. The van der Waals surface area contributed by atoms with Gasteiger partial charge >= 0.3 is 11.9 Å². The summed E-state index contributed by atoms with van der Waals surface area (Å²) < 4.78 is 11.6. The van der Waals surface area contributed by atoms with Crippen LogP contribution in [0.15, 0.2) is 65.0 Å². The van der Waals surface area contributed by atoms with Crippen LogP contribution in [0.25, 0.3) is 0 Å². The quantitative estimate of drug-likeness (QED) is 0.507. The summed E-state index contributed by atoms with van der Waals surface area (Å²) in [5, 5.41) is 18.7. The van der Waals surface area contributed by atoms with E-state index in [9.17, 15) is 24.3 Å². The predicted octanol–water partition coefficient (Wildman–Crippen LogP) is 4.47. The number of methoxy groups -OCH3 is 1. The van der Waals surface area contributed by atoms with Crippen LogP contribution < -0.4 is 9.47 Å². The molecule has 2 aromatic rings. The summed E-state index contributed by atoms with van der Waals surface area (Å²) in [5.74, 6) is -1.84. The zero-order valence-corrected chi connectivity index (χ0v) is 21.6. The Labute approximate surface area is 225 Å². The van der Waals surface area contributed by atoms with Crippen LogP contribution in [0.5, 0.6) is 11.5 Å². The summed E-state index contributed by atoms with van der Waals surface area (Å²) in [7, 11) is 1.51. The van der Waals surface area contributed by atoms with Gasteiger partial charge in [-0.05, 0) is 61.1 Å². The first kappa shape index (κ1) is 26.2. The van der Waals surface area contributed by atoms with Crippen LogP contribution >= 0.6 is 0 Å². The molecule has 202 valence electrons. The Morgan fingerprint density at radius 1 is 0.872 bits per heavy atom. The number of hydrogen-bond acceptors (Lipinski definition) is 7. The third kappa shape index (κ3) is 5.04. The Morgan fingerprint density at radius 3 is 2.03 bits per heavy atom. The van der Waals surface area contributed by atoms with Gasteiger partial charge in [0, 0.05) is 41.3 Å². The molecule has 2 aromatic carbocycles. The maximum absolute atomic E-state index is 13.3. The van der Waals surface area contributed by atoms with Crippen molar-refractivity contribution in [2.24, 2.45) is 0 Å². The number of nitrogens with zero attached hydrogens (tertiary/aromatic N) is 1. The number of rotatable bonds is 8. The van der Waals surface area contributed by atoms with Crippen LogP contribution in [0.3, 0.4) is 0 Å². The maximum Gasteiger partial charge on any atom is 0.335 e. The summed E-state index contributed by atoms with van der Waals surface area (Å²) in [6, 6.07) is 11.7. The van der Waals surface area contributed by atoms with E-state index >= 15 is 0 Å². The molecular weight excluding hydrogens is 502 g/mol. The molecule has 0 atom stereocenters. The number of carbonyl (C=O) groups excluding carboxylic acids is 2. The van der Waals surface area contributed by atoms with E-state index in [1.165, 1.54) is 19.2 Å². The van der Waals surface area contributed by atoms with Gasteiger partial charge in [0.05, 0.1) is 12.7 Å². The fraction of sp³-hybridized carbons (Fsp3) is 0.333. The van der Waals surface area contributed by atoms with E-state index in [0.717, 1.165) is 5.56 Å². The van der Waals surface area contributed by atoms with E-state index in [-0.39, 0.29) is 30.3 Å². The molecule has 0 saturated carbocycles. The lowest BCUT2D eigenvalue weighted by Gasteiger charge is -2.43. The van der Waals surface area contributed by atoms with E-state index in [1.807, 2.05) is 6.07 Å². The minimum absolute atomic E-state index is 0.0642. The largest absolute Gasteiger partial charge is 0.493 e. The third-order valence-corrected chi connectivity index (χ3v) is 7.50. The average Bonchev–Trinajstić information content (AvgIpc) is 2.92. The van der Waals surface area contributed by atoms with E-state index in [0.29, 0.717) is 78.1 Å². The number of carbonyl (C=O) groups is 4. The van der Waals surface area contributed by atoms with Crippen molar-refractivity contribution >= 4 is 23.5 Å². The van der Waals surface area contributed by atoms with Crippen LogP contribution in [-0.2, 0) is 21.0 Å². The molecule has 1 heterocycles.